The predicted molar refractivity (Wildman–Crippen MR) is 174 cm³/mol. The van der Waals surface area contributed by atoms with Gasteiger partial charge in [0.2, 0.25) is 12.3 Å². The zero-order valence-corrected chi connectivity index (χ0v) is 27.2. The van der Waals surface area contributed by atoms with E-state index in [-0.39, 0.29) is 24.9 Å². The number of unbranched alkanes of at least 4 members (excludes halogenated alkanes) is 2. The Balaban J connectivity index is 1.56. The number of carbonyl (C=O) groups is 4. The number of carbonyl (C=O) groups excluding carboxylic acids is 4. The maximum Gasteiger partial charge on any atom is 0.338 e. The molecule has 2 aromatic carbocycles. The molecule has 0 unspecified atom stereocenters. The number of hydroxylamine groups is 2. The first-order chi connectivity index (χ1) is 22.3. The Morgan fingerprint density at radius 3 is 2.33 bits per heavy atom. The number of ether oxygens (including phenoxy) is 1. The summed E-state index contributed by atoms with van der Waals surface area (Å²) in [6.07, 6.45) is 4.46. The quantitative estimate of drug-likeness (QED) is 0.0582. The van der Waals surface area contributed by atoms with Crippen molar-refractivity contribution in [3.05, 3.63) is 83.6 Å². The van der Waals surface area contributed by atoms with Crippen LogP contribution in [-0.2, 0) is 25.8 Å². The van der Waals surface area contributed by atoms with Gasteiger partial charge in [0.1, 0.15) is 19.0 Å². The Labute approximate surface area is 271 Å². The van der Waals surface area contributed by atoms with Gasteiger partial charge in [0.05, 0.1) is 24.2 Å². The van der Waals surface area contributed by atoms with Crippen molar-refractivity contribution in [1.82, 2.24) is 20.6 Å². The molecule has 3 aromatic rings. The average Bonchev–Trinajstić information content (AvgIpc) is 3.56. The fraction of sp³-hybridized carbons (Fsp3) is 0.429. The third-order valence-electron chi connectivity index (χ3n) is 7.51. The zero-order valence-electron chi connectivity index (χ0n) is 27.2. The van der Waals surface area contributed by atoms with Crippen molar-refractivity contribution in [2.24, 2.45) is 5.92 Å². The van der Waals surface area contributed by atoms with Crippen LogP contribution in [0.4, 0.5) is 0 Å². The van der Waals surface area contributed by atoms with E-state index in [2.05, 4.69) is 17.6 Å². The van der Waals surface area contributed by atoms with E-state index in [9.17, 15) is 19.2 Å². The molecule has 11 nitrogen and oxygen atoms in total. The lowest BCUT2D eigenvalue weighted by Gasteiger charge is -2.32. The summed E-state index contributed by atoms with van der Waals surface area (Å²) < 4.78 is 11.0. The number of amides is 3. The number of rotatable bonds is 20. The summed E-state index contributed by atoms with van der Waals surface area (Å²) in [5, 5.41) is 6.71. The zero-order chi connectivity index (χ0) is 33.3. The average molecular weight is 635 g/mol. The van der Waals surface area contributed by atoms with Gasteiger partial charge in [-0.05, 0) is 56.8 Å². The molecule has 0 saturated carbocycles. The fourth-order valence-corrected chi connectivity index (χ4v) is 4.90. The minimum Gasteiger partial charge on any atom is -0.461 e. The van der Waals surface area contributed by atoms with Gasteiger partial charge in [0.25, 0.3) is 5.91 Å². The van der Waals surface area contributed by atoms with Crippen LogP contribution in [0.3, 0.4) is 0 Å². The van der Waals surface area contributed by atoms with Crippen molar-refractivity contribution in [2.75, 3.05) is 33.9 Å². The van der Waals surface area contributed by atoms with Gasteiger partial charge in [-0.2, -0.15) is 0 Å². The first kappa shape index (κ1) is 36.0. The largest absolute Gasteiger partial charge is 0.461 e. The van der Waals surface area contributed by atoms with Crippen LogP contribution in [-0.4, -0.2) is 74.1 Å². The molecule has 3 rings (SSSR count). The van der Waals surface area contributed by atoms with Crippen molar-refractivity contribution in [1.29, 1.82) is 0 Å². The van der Waals surface area contributed by atoms with E-state index in [0.29, 0.717) is 49.3 Å². The first-order valence-electron chi connectivity index (χ1n) is 15.8. The molecular formula is C35H46N4O7. The van der Waals surface area contributed by atoms with Gasteiger partial charge in [0, 0.05) is 12.1 Å². The van der Waals surface area contributed by atoms with E-state index in [1.165, 1.54) is 5.06 Å². The minimum absolute atomic E-state index is 0.0730. The van der Waals surface area contributed by atoms with E-state index in [4.69, 9.17) is 14.0 Å². The second-order valence-electron chi connectivity index (χ2n) is 11.2. The Kier molecular flexibility index (Phi) is 15.0. The number of hydrogen-bond donors (Lipinski definition) is 2. The van der Waals surface area contributed by atoms with Gasteiger partial charge < -0.3 is 24.7 Å². The van der Waals surface area contributed by atoms with E-state index >= 15 is 0 Å². The maximum atomic E-state index is 13.4. The molecule has 0 aliphatic rings. The molecule has 0 fully saturated rings. The highest BCUT2D eigenvalue weighted by Crippen LogP contribution is 2.24. The number of benzene rings is 2. The minimum atomic E-state index is -0.530. The van der Waals surface area contributed by atoms with Crippen molar-refractivity contribution in [3.8, 4) is 11.3 Å². The molecule has 3 amide bonds. The Hall–Kier alpha value is -4.48. The molecule has 2 N–H and O–H groups in total. The van der Waals surface area contributed by atoms with Crippen LogP contribution in [0.1, 0.15) is 72.4 Å². The molecule has 0 spiro atoms. The molecule has 0 aliphatic heterocycles. The topological polar surface area (TPSA) is 130 Å². The third kappa shape index (κ3) is 11.1. The van der Waals surface area contributed by atoms with E-state index in [0.717, 1.165) is 24.8 Å². The number of nitrogens with zero attached hydrogens (tertiary/aromatic N) is 2. The van der Waals surface area contributed by atoms with Crippen LogP contribution in [0.2, 0.25) is 0 Å². The van der Waals surface area contributed by atoms with Gasteiger partial charge in [-0.3, -0.25) is 19.2 Å². The molecule has 0 radical (unpaired) electrons. The van der Waals surface area contributed by atoms with Crippen LogP contribution in [0.25, 0.3) is 11.3 Å². The number of nitrogens with one attached hydrogen (secondary N) is 2. The van der Waals surface area contributed by atoms with Gasteiger partial charge in [-0.25, -0.2) is 9.86 Å². The molecule has 11 heteroatoms. The summed E-state index contributed by atoms with van der Waals surface area (Å²) in [6.45, 7) is 5.01. The summed E-state index contributed by atoms with van der Waals surface area (Å²) in [5.41, 5.74) is 2.01. The number of furan rings is 1. The second kappa shape index (κ2) is 19.1. The molecule has 248 valence electrons. The molecule has 1 aromatic heterocycles. The van der Waals surface area contributed by atoms with E-state index in [1.54, 1.807) is 36.4 Å². The monoisotopic (exact) mass is 634 g/mol. The summed E-state index contributed by atoms with van der Waals surface area (Å²) in [4.78, 5) is 58.2. The van der Waals surface area contributed by atoms with Crippen LogP contribution >= 0.6 is 0 Å². The molecule has 46 heavy (non-hydrogen) atoms. The Bertz CT molecular complexity index is 1380. The lowest BCUT2D eigenvalue weighted by Crippen LogP contribution is -2.48. The summed E-state index contributed by atoms with van der Waals surface area (Å²) >= 11 is 0. The summed E-state index contributed by atoms with van der Waals surface area (Å²) in [7, 11) is 3.80. The van der Waals surface area contributed by atoms with E-state index in [1.807, 2.05) is 56.3 Å². The third-order valence-corrected chi connectivity index (χ3v) is 7.51. The Morgan fingerprint density at radius 1 is 0.935 bits per heavy atom. The lowest BCUT2D eigenvalue weighted by molar-refractivity contribution is -0.200. The highest BCUT2D eigenvalue weighted by atomic mass is 16.7. The second-order valence-corrected chi connectivity index (χ2v) is 11.2. The van der Waals surface area contributed by atoms with Crippen LogP contribution < -0.4 is 10.6 Å². The number of likely N-dealkylation sites (N-methyl/N-ethyl adjacent to an activating group) is 1. The van der Waals surface area contributed by atoms with Gasteiger partial charge in [0.15, 0.2) is 5.76 Å². The first-order valence-corrected chi connectivity index (χ1v) is 15.8. The number of hydrogen-bond acceptors (Lipinski definition) is 8. The standard InChI is InChI=1S/C35H46N4O7/c1-5-7-9-14-29(30(6-2)39(25-40)45-23-26-12-10-8-11-13-26)33(41)36-24-37-34(42)32-20-19-31(46-32)27-15-17-28(18-16-27)35(43)44-22-21-38(3)4/h8,10-13,15-20,25,29-30H,5-7,9,14,21-24H2,1-4H3,(H,36,41)(H,37,42)/t29-,30-/m1/s1. The molecule has 0 bridgehead atoms. The van der Waals surface area contributed by atoms with Crippen molar-refractivity contribution in [3.63, 3.8) is 0 Å². The van der Waals surface area contributed by atoms with E-state index < -0.39 is 23.8 Å². The summed E-state index contributed by atoms with van der Waals surface area (Å²) in [5.74, 6) is -1.19. The SMILES string of the molecule is CCCCC[C@@H](C(=O)NCNC(=O)c1ccc(-c2ccc(C(=O)OCCN(C)C)cc2)o1)[C@@H](CC)N(C=O)OCc1ccccc1. The van der Waals surface area contributed by atoms with Gasteiger partial charge in [-0.15, -0.1) is 0 Å². The lowest BCUT2D eigenvalue weighted by atomic mass is 9.90. The maximum absolute atomic E-state index is 13.4. The molecular weight excluding hydrogens is 588 g/mol. The van der Waals surface area contributed by atoms with Crippen LogP contribution in [0, 0.1) is 5.92 Å². The van der Waals surface area contributed by atoms with Crippen LogP contribution in [0.5, 0.6) is 0 Å². The molecule has 1 heterocycles. The van der Waals surface area contributed by atoms with Crippen LogP contribution in [0.15, 0.2) is 71.1 Å². The fourth-order valence-electron chi connectivity index (χ4n) is 4.90. The predicted octanol–water partition coefficient (Wildman–Crippen LogP) is 5.03. The van der Waals surface area contributed by atoms with Gasteiger partial charge >= 0.3 is 5.97 Å². The Morgan fingerprint density at radius 2 is 1.67 bits per heavy atom. The normalized spacial score (nSPS) is 12.3. The number of esters is 1. The molecule has 0 aliphatic carbocycles. The highest BCUT2D eigenvalue weighted by Gasteiger charge is 2.32. The highest BCUT2D eigenvalue weighted by molar-refractivity contribution is 5.92. The molecule has 2 atom stereocenters. The van der Waals surface area contributed by atoms with Crippen molar-refractivity contribution < 1.29 is 33.2 Å². The van der Waals surface area contributed by atoms with Crippen molar-refractivity contribution >= 4 is 24.2 Å². The summed E-state index contributed by atoms with van der Waals surface area (Å²) in [6, 6.07) is 19.0. The molecule has 0 saturated heterocycles. The van der Waals surface area contributed by atoms with Crippen molar-refractivity contribution in [2.45, 2.75) is 58.6 Å². The van der Waals surface area contributed by atoms with Gasteiger partial charge in [-0.1, -0.05) is 75.6 Å². The smallest absolute Gasteiger partial charge is 0.338 e.